The van der Waals surface area contributed by atoms with Crippen LogP contribution in [0.5, 0.6) is 0 Å². The maximum Gasteiger partial charge on any atom is 0.160 e. The van der Waals surface area contributed by atoms with E-state index in [-0.39, 0.29) is 21.2 Å². The van der Waals surface area contributed by atoms with Gasteiger partial charge in [-0.1, -0.05) is 23.2 Å². The van der Waals surface area contributed by atoms with E-state index < -0.39 is 23.5 Å². The summed E-state index contributed by atoms with van der Waals surface area (Å²) < 4.78 is 40.8. The summed E-state index contributed by atoms with van der Waals surface area (Å²) in [6, 6.07) is 4.39. The Balaban J connectivity index is 2.30. The second kappa shape index (κ2) is 6.16. The van der Waals surface area contributed by atoms with Gasteiger partial charge in [-0.25, -0.2) is 13.2 Å². The van der Waals surface area contributed by atoms with Gasteiger partial charge in [0.15, 0.2) is 5.82 Å². The summed E-state index contributed by atoms with van der Waals surface area (Å²) in [5.74, 6) is -1.73. The maximum atomic E-state index is 13.9. The van der Waals surface area contributed by atoms with Crippen molar-refractivity contribution in [3.63, 3.8) is 0 Å². The van der Waals surface area contributed by atoms with Crippen molar-refractivity contribution in [1.82, 2.24) is 0 Å². The van der Waals surface area contributed by atoms with Crippen molar-refractivity contribution in [2.24, 2.45) is 0 Å². The second-order valence-electron chi connectivity index (χ2n) is 4.74. The minimum atomic E-state index is -0.718. The first-order valence-electron chi connectivity index (χ1n) is 6.16. The third-order valence-electron chi connectivity index (χ3n) is 3.11. The number of halogens is 5. The molecule has 0 aliphatic carbocycles. The first kappa shape index (κ1) is 16.0. The molecule has 0 spiro atoms. The molecule has 112 valence electrons. The van der Waals surface area contributed by atoms with Crippen LogP contribution in [0.15, 0.2) is 24.3 Å². The number of hydrogen-bond acceptors (Lipinski definition) is 1. The summed E-state index contributed by atoms with van der Waals surface area (Å²) >= 11 is 11.4. The van der Waals surface area contributed by atoms with E-state index in [1.165, 1.54) is 19.1 Å². The molecule has 0 bridgehead atoms. The fourth-order valence-electron chi connectivity index (χ4n) is 1.96. The molecule has 1 unspecified atom stereocenters. The molecule has 0 aliphatic rings. The summed E-state index contributed by atoms with van der Waals surface area (Å²) in [6.45, 7) is 3.14. The van der Waals surface area contributed by atoms with Gasteiger partial charge in [0.2, 0.25) is 0 Å². The van der Waals surface area contributed by atoms with Gasteiger partial charge in [-0.3, -0.25) is 0 Å². The zero-order valence-electron chi connectivity index (χ0n) is 11.3. The van der Waals surface area contributed by atoms with E-state index in [1.807, 2.05) is 0 Å². The highest BCUT2D eigenvalue weighted by molar-refractivity contribution is 6.35. The lowest BCUT2D eigenvalue weighted by Gasteiger charge is -2.18. The Labute approximate surface area is 130 Å². The lowest BCUT2D eigenvalue weighted by molar-refractivity contribution is 0.571. The number of hydrogen-bond donors (Lipinski definition) is 1. The van der Waals surface area contributed by atoms with Crippen molar-refractivity contribution < 1.29 is 13.2 Å². The molecule has 21 heavy (non-hydrogen) atoms. The highest BCUT2D eigenvalue weighted by Crippen LogP contribution is 2.30. The standard InChI is InChI=1S/C15H12Cl2F3N/c1-7-3-14(19)10(6-13(7)18)8(2)21-9-4-11(16)15(20)12(17)5-9/h3-6,8,21H,1-2H3. The van der Waals surface area contributed by atoms with Gasteiger partial charge in [-0.15, -0.1) is 0 Å². The average molecular weight is 334 g/mol. The third-order valence-corrected chi connectivity index (χ3v) is 3.66. The summed E-state index contributed by atoms with van der Waals surface area (Å²) in [6.07, 6.45) is 0. The van der Waals surface area contributed by atoms with Crippen LogP contribution in [0.25, 0.3) is 0 Å². The number of aryl methyl sites for hydroxylation is 1. The highest BCUT2D eigenvalue weighted by atomic mass is 35.5. The Morgan fingerprint density at radius 1 is 0.952 bits per heavy atom. The summed E-state index contributed by atoms with van der Waals surface area (Å²) in [5, 5.41) is 2.62. The van der Waals surface area contributed by atoms with Crippen LogP contribution in [0.1, 0.15) is 24.1 Å². The lowest BCUT2D eigenvalue weighted by Crippen LogP contribution is -2.10. The summed E-state index contributed by atoms with van der Waals surface area (Å²) in [7, 11) is 0. The van der Waals surface area contributed by atoms with Gasteiger partial charge in [-0.2, -0.15) is 0 Å². The molecular weight excluding hydrogens is 322 g/mol. The van der Waals surface area contributed by atoms with Crippen molar-refractivity contribution in [2.75, 3.05) is 5.32 Å². The fourth-order valence-corrected chi connectivity index (χ4v) is 2.45. The van der Waals surface area contributed by atoms with E-state index in [0.717, 1.165) is 12.1 Å². The maximum absolute atomic E-state index is 13.9. The van der Waals surface area contributed by atoms with E-state index in [0.29, 0.717) is 5.69 Å². The zero-order chi connectivity index (χ0) is 15.7. The van der Waals surface area contributed by atoms with Gasteiger partial charge in [-0.05, 0) is 43.7 Å². The van der Waals surface area contributed by atoms with E-state index >= 15 is 0 Å². The topological polar surface area (TPSA) is 12.0 Å². The van der Waals surface area contributed by atoms with Gasteiger partial charge in [0.25, 0.3) is 0 Å². The van der Waals surface area contributed by atoms with Crippen molar-refractivity contribution in [2.45, 2.75) is 19.9 Å². The fraction of sp³-hybridized carbons (Fsp3) is 0.200. The number of nitrogens with one attached hydrogen (secondary N) is 1. The van der Waals surface area contributed by atoms with Crippen molar-refractivity contribution in [3.05, 3.63) is 62.9 Å². The summed E-state index contributed by atoms with van der Waals surface area (Å²) in [4.78, 5) is 0. The molecule has 1 nitrogen and oxygen atoms in total. The first-order valence-corrected chi connectivity index (χ1v) is 6.91. The van der Waals surface area contributed by atoms with Crippen LogP contribution in [0, 0.1) is 24.4 Å². The smallest absolute Gasteiger partial charge is 0.160 e. The van der Waals surface area contributed by atoms with Crippen LogP contribution >= 0.6 is 23.2 Å². The van der Waals surface area contributed by atoms with Crippen LogP contribution in [-0.2, 0) is 0 Å². The van der Waals surface area contributed by atoms with Crippen LogP contribution in [0.3, 0.4) is 0 Å². The molecule has 2 aromatic rings. The zero-order valence-corrected chi connectivity index (χ0v) is 12.8. The van der Waals surface area contributed by atoms with E-state index in [9.17, 15) is 13.2 Å². The molecule has 0 saturated carbocycles. The summed E-state index contributed by atoms with van der Waals surface area (Å²) in [5.41, 5.74) is 0.810. The van der Waals surface area contributed by atoms with E-state index in [4.69, 9.17) is 23.2 Å². The lowest BCUT2D eigenvalue weighted by atomic mass is 10.0. The average Bonchev–Trinajstić information content (AvgIpc) is 2.40. The Kier molecular flexibility index (Phi) is 4.69. The quantitative estimate of drug-likeness (QED) is 0.690. The normalized spacial score (nSPS) is 12.3. The Morgan fingerprint density at radius 2 is 1.52 bits per heavy atom. The van der Waals surface area contributed by atoms with Crippen molar-refractivity contribution in [1.29, 1.82) is 0 Å². The van der Waals surface area contributed by atoms with E-state index in [1.54, 1.807) is 6.92 Å². The Morgan fingerprint density at radius 3 is 2.10 bits per heavy atom. The molecule has 1 atom stereocenters. The first-order chi connectivity index (χ1) is 9.79. The van der Waals surface area contributed by atoms with Crippen LogP contribution in [0.2, 0.25) is 10.0 Å². The van der Waals surface area contributed by atoms with Crippen molar-refractivity contribution >= 4 is 28.9 Å². The predicted molar refractivity (Wildman–Crippen MR) is 79.6 cm³/mol. The van der Waals surface area contributed by atoms with Gasteiger partial charge >= 0.3 is 0 Å². The van der Waals surface area contributed by atoms with Crippen molar-refractivity contribution in [3.8, 4) is 0 Å². The molecule has 0 aliphatic heterocycles. The minimum Gasteiger partial charge on any atom is -0.378 e. The van der Waals surface area contributed by atoms with Gasteiger partial charge in [0.05, 0.1) is 16.1 Å². The highest BCUT2D eigenvalue weighted by Gasteiger charge is 2.15. The number of rotatable bonds is 3. The molecule has 0 saturated heterocycles. The molecule has 0 fully saturated rings. The molecule has 2 rings (SSSR count). The number of anilines is 1. The van der Waals surface area contributed by atoms with Gasteiger partial charge in [0.1, 0.15) is 11.6 Å². The Hall–Kier alpha value is -1.39. The molecule has 6 heteroatoms. The largest absolute Gasteiger partial charge is 0.378 e. The van der Waals surface area contributed by atoms with Gasteiger partial charge in [0, 0.05) is 11.3 Å². The predicted octanol–water partition coefficient (Wildman–Crippen LogP) is 5.89. The monoisotopic (exact) mass is 333 g/mol. The third kappa shape index (κ3) is 3.44. The van der Waals surface area contributed by atoms with Crippen LogP contribution in [0.4, 0.5) is 18.9 Å². The van der Waals surface area contributed by atoms with E-state index in [2.05, 4.69) is 5.32 Å². The molecule has 0 radical (unpaired) electrons. The molecule has 0 heterocycles. The van der Waals surface area contributed by atoms with Crippen LogP contribution < -0.4 is 5.32 Å². The Bertz CT molecular complexity index is 666. The molecule has 2 aromatic carbocycles. The second-order valence-corrected chi connectivity index (χ2v) is 5.56. The minimum absolute atomic E-state index is 0.146. The SMILES string of the molecule is Cc1cc(F)c(C(C)Nc2cc(Cl)c(F)c(Cl)c2)cc1F. The van der Waals surface area contributed by atoms with Crippen LogP contribution in [-0.4, -0.2) is 0 Å². The molecule has 1 N–H and O–H groups in total. The number of benzene rings is 2. The molecule has 0 amide bonds. The molecular formula is C15H12Cl2F3N. The molecule has 0 aromatic heterocycles. The van der Waals surface area contributed by atoms with Gasteiger partial charge < -0.3 is 5.32 Å².